The quantitative estimate of drug-likeness (QED) is 0.612. The third-order valence-corrected chi connectivity index (χ3v) is 9.99. The van der Waals surface area contributed by atoms with E-state index < -0.39 is 22.1 Å². The highest BCUT2D eigenvalue weighted by Gasteiger charge is 2.40. The first kappa shape index (κ1) is 24.5. The zero-order valence-electron chi connectivity index (χ0n) is 18.1. The lowest BCUT2D eigenvalue weighted by atomic mass is 10.1. The van der Waals surface area contributed by atoms with Gasteiger partial charge in [0.2, 0.25) is 11.8 Å². The van der Waals surface area contributed by atoms with Crippen LogP contribution in [0.25, 0.3) is 10.4 Å². The van der Waals surface area contributed by atoms with E-state index in [2.05, 4.69) is 4.72 Å². The van der Waals surface area contributed by atoms with E-state index in [1.54, 1.807) is 36.1 Å². The van der Waals surface area contributed by atoms with E-state index in [1.807, 2.05) is 0 Å². The monoisotopic (exact) mass is 529 g/mol. The number of piperidine rings is 1. The van der Waals surface area contributed by atoms with Crippen molar-refractivity contribution in [3.05, 3.63) is 40.4 Å². The Kier molecular flexibility index (Phi) is 7.35. The third-order valence-electron chi connectivity index (χ3n) is 6.09. The summed E-state index contributed by atoms with van der Waals surface area (Å²) >= 11 is 13.4. The van der Waals surface area contributed by atoms with E-state index in [-0.39, 0.29) is 16.0 Å². The Labute approximate surface area is 207 Å². The van der Waals surface area contributed by atoms with Gasteiger partial charge in [0.15, 0.2) is 0 Å². The van der Waals surface area contributed by atoms with Crippen LogP contribution in [-0.2, 0) is 19.6 Å². The molecule has 7 nitrogen and oxygen atoms in total. The summed E-state index contributed by atoms with van der Waals surface area (Å²) in [6, 6.07) is 6.82. The van der Waals surface area contributed by atoms with E-state index >= 15 is 0 Å². The summed E-state index contributed by atoms with van der Waals surface area (Å²) in [7, 11) is -3.93. The van der Waals surface area contributed by atoms with Gasteiger partial charge in [-0.05, 0) is 50.8 Å². The minimum Gasteiger partial charge on any atom is -0.341 e. The number of nitrogens with one attached hydrogen (secondary N) is 1. The fourth-order valence-corrected chi connectivity index (χ4v) is 7.29. The summed E-state index contributed by atoms with van der Waals surface area (Å²) < 4.78 is 28.6. The van der Waals surface area contributed by atoms with E-state index in [4.69, 9.17) is 23.2 Å². The number of amides is 2. The summed E-state index contributed by atoms with van der Waals surface area (Å²) in [5.74, 6) is -0.445. The van der Waals surface area contributed by atoms with Crippen molar-refractivity contribution in [2.45, 2.75) is 48.9 Å². The molecule has 0 radical (unpaired) electrons. The standard InChI is InChI=1S/C22H25Cl2N3O4S2/c1-14(21(28)26-11-3-2-4-12-26)27-13-10-17(22(27)29)25-33(30,31)19-9-8-18(32-19)15-6-5-7-16(23)20(15)24/h5-9,14,17,25H,2-4,10-13H2,1H3/t14-,17?/m0/s1. The van der Waals surface area contributed by atoms with Crippen LogP contribution in [0.15, 0.2) is 34.5 Å². The molecule has 33 heavy (non-hydrogen) atoms. The highest BCUT2D eigenvalue weighted by Crippen LogP contribution is 2.38. The summed E-state index contributed by atoms with van der Waals surface area (Å²) in [6.45, 7) is 3.46. The lowest BCUT2D eigenvalue weighted by Gasteiger charge is -2.32. The van der Waals surface area contributed by atoms with E-state index in [0.717, 1.165) is 30.6 Å². The van der Waals surface area contributed by atoms with Crippen LogP contribution >= 0.6 is 34.5 Å². The van der Waals surface area contributed by atoms with Gasteiger partial charge in [-0.1, -0.05) is 35.3 Å². The van der Waals surface area contributed by atoms with Crippen molar-refractivity contribution in [2.75, 3.05) is 19.6 Å². The molecule has 3 heterocycles. The first-order valence-electron chi connectivity index (χ1n) is 10.8. The van der Waals surface area contributed by atoms with Gasteiger partial charge in [-0.25, -0.2) is 8.42 Å². The van der Waals surface area contributed by atoms with Crippen LogP contribution in [0.4, 0.5) is 0 Å². The number of rotatable bonds is 6. The number of benzene rings is 1. The zero-order valence-corrected chi connectivity index (χ0v) is 21.2. The van der Waals surface area contributed by atoms with Crippen LogP contribution in [0.2, 0.25) is 10.0 Å². The first-order valence-corrected chi connectivity index (χ1v) is 13.9. The van der Waals surface area contributed by atoms with Gasteiger partial charge in [0.1, 0.15) is 16.3 Å². The molecule has 0 saturated carbocycles. The summed E-state index contributed by atoms with van der Waals surface area (Å²) in [5, 5.41) is 0.738. The predicted octanol–water partition coefficient (Wildman–Crippen LogP) is 4.00. The molecule has 2 amide bonds. The molecule has 1 N–H and O–H groups in total. The second kappa shape index (κ2) is 9.92. The average molecular weight is 530 g/mol. The minimum absolute atomic E-state index is 0.0761. The lowest BCUT2D eigenvalue weighted by Crippen LogP contribution is -2.51. The molecule has 11 heteroatoms. The van der Waals surface area contributed by atoms with Crippen LogP contribution < -0.4 is 4.72 Å². The molecule has 2 aromatic rings. The number of hydrogen-bond acceptors (Lipinski definition) is 5. The highest BCUT2D eigenvalue weighted by molar-refractivity contribution is 7.91. The normalized spacial score (nSPS) is 20.3. The number of carbonyl (C=O) groups is 2. The molecule has 2 fully saturated rings. The Hall–Kier alpha value is -1.65. The maximum atomic E-state index is 13.0. The van der Waals surface area contributed by atoms with E-state index in [1.165, 1.54) is 11.0 Å². The Morgan fingerprint density at radius 1 is 1.12 bits per heavy atom. The van der Waals surface area contributed by atoms with Crippen molar-refractivity contribution in [1.29, 1.82) is 0 Å². The molecule has 1 unspecified atom stereocenters. The molecule has 0 spiro atoms. The largest absolute Gasteiger partial charge is 0.341 e. The van der Waals surface area contributed by atoms with E-state index in [9.17, 15) is 18.0 Å². The molecule has 1 aromatic carbocycles. The molecule has 1 aromatic heterocycles. The van der Waals surface area contributed by atoms with Crippen LogP contribution in [0, 0.1) is 0 Å². The number of halogens is 2. The molecular formula is C22H25Cl2N3O4S2. The van der Waals surface area contributed by atoms with Crippen molar-refractivity contribution >= 4 is 56.4 Å². The van der Waals surface area contributed by atoms with Gasteiger partial charge in [-0.3, -0.25) is 9.59 Å². The Bertz CT molecular complexity index is 1160. The second-order valence-electron chi connectivity index (χ2n) is 8.28. The van der Waals surface area contributed by atoms with Crippen LogP contribution in [0.1, 0.15) is 32.6 Å². The minimum atomic E-state index is -3.93. The van der Waals surface area contributed by atoms with Crippen molar-refractivity contribution in [3.8, 4) is 10.4 Å². The maximum Gasteiger partial charge on any atom is 0.250 e. The second-order valence-corrected chi connectivity index (χ2v) is 12.1. The molecule has 2 aliphatic heterocycles. The predicted molar refractivity (Wildman–Crippen MR) is 130 cm³/mol. The van der Waals surface area contributed by atoms with Gasteiger partial charge < -0.3 is 9.80 Å². The molecule has 2 aliphatic rings. The Balaban J connectivity index is 1.45. The molecular weight excluding hydrogens is 505 g/mol. The van der Waals surface area contributed by atoms with Crippen molar-refractivity contribution in [2.24, 2.45) is 0 Å². The van der Waals surface area contributed by atoms with E-state index in [0.29, 0.717) is 46.5 Å². The fraction of sp³-hybridized carbons (Fsp3) is 0.455. The molecule has 0 aliphatic carbocycles. The number of carbonyl (C=O) groups excluding carboxylic acids is 2. The highest BCUT2D eigenvalue weighted by atomic mass is 35.5. The van der Waals surface area contributed by atoms with Gasteiger partial charge in [-0.2, -0.15) is 4.72 Å². The smallest absolute Gasteiger partial charge is 0.250 e. The fourth-order valence-electron chi connectivity index (χ4n) is 4.26. The number of thiophene rings is 1. The zero-order chi connectivity index (χ0) is 23.8. The topological polar surface area (TPSA) is 86.8 Å². The summed E-state index contributed by atoms with van der Waals surface area (Å²) in [4.78, 5) is 29.7. The van der Waals surface area contributed by atoms with Crippen molar-refractivity contribution < 1.29 is 18.0 Å². The van der Waals surface area contributed by atoms with Crippen molar-refractivity contribution in [3.63, 3.8) is 0 Å². The average Bonchev–Trinajstić information content (AvgIpc) is 3.43. The number of sulfonamides is 1. The van der Waals surface area contributed by atoms with Gasteiger partial charge in [0.05, 0.1) is 10.0 Å². The Morgan fingerprint density at radius 2 is 1.85 bits per heavy atom. The molecule has 2 saturated heterocycles. The van der Waals surface area contributed by atoms with Crippen LogP contribution in [-0.4, -0.2) is 61.7 Å². The van der Waals surface area contributed by atoms with Gasteiger partial charge in [0.25, 0.3) is 10.0 Å². The summed E-state index contributed by atoms with van der Waals surface area (Å²) in [6.07, 6.45) is 3.36. The van der Waals surface area contributed by atoms with Crippen molar-refractivity contribution in [1.82, 2.24) is 14.5 Å². The van der Waals surface area contributed by atoms with Crippen LogP contribution in [0.3, 0.4) is 0 Å². The lowest BCUT2D eigenvalue weighted by molar-refractivity contribution is -0.143. The molecule has 4 rings (SSSR count). The molecule has 0 bridgehead atoms. The van der Waals surface area contributed by atoms with Crippen LogP contribution in [0.5, 0.6) is 0 Å². The first-order chi connectivity index (χ1) is 15.7. The summed E-state index contributed by atoms with van der Waals surface area (Å²) in [5.41, 5.74) is 0.642. The number of hydrogen-bond donors (Lipinski definition) is 1. The molecule has 178 valence electrons. The Morgan fingerprint density at radius 3 is 2.58 bits per heavy atom. The number of nitrogens with zero attached hydrogens (tertiary/aromatic N) is 2. The molecule has 2 atom stereocenters. The SMILES string of the molecule is C[C@@H](C(=O)N1CCCCC1)N1CCC(NS(=O)(=O)c2ccc(-c3cccc(Cl)c3Cl)s2)C1=O. The number of likely N-dealkylation sites (tertiary alicyclic amines) is 2. The maximum absolute atomic E-state index is 13.0. The van der Waals surface area contributed by atoms with Gasteiger partial charge in [-0.15, -0.1) is 11.3 Å². The van der Waals surface area contributed by atoms with Gasteiger partial charge in [0, 0.05) is 30.1 Å². The van der Waals surface area contributed by atoms with Gasteiger partial charge >= 0.3 is 0 Å². The third kappa shape index (κ3) is 5.07.